The number of rotatable bonds is 6. The Labute approximate surface area is 152 Å². The first-order chi connectivity index (χ1) is 12.2. The van der Waals surface area contributed by atoms with Gasteiger partial charge in [0.25, 0.3) is 5.91 Å². The molecule has 1 atom stereocenters. The second kappa shape index (κ2) is 8.03. The molecule has 1 heterocycles. The van der Waals surface area contributed by atoms with Crippen LogP contribution < -0.4 is 5.32 Å². The Hall–Kier alpha value is -2.53. The van der Waals surface area contributed by atoms with Gasteiger partial charge in [-0.1, -0.05) is 24.3 Å². The minimum Gasteiger partial charge on any atom is -0.346 e. The van der Waals surface area contributed by atoms with E-state index in [4.69, 9.17) is 0 Å². The molecule has 0 unspecified atom stereocenters. The van der Waals surface area contributed by atoms with E-state index in [1.165, 1.54) is 5.56 Å². The molecule has 0 aliphatic heterocycles. The summed E-state index contributed by atoms with van der Waals surface area (Å²) in [6.07, 6.45) is 7.49. The Morgan fingerprint density at radius 3 is 2.48 bits per heavy atom. The molecule has 1 aromatic heterocycles. The lowest BCUT2D eigenvalue weighted by Gasteiger charge is -2.15. The van der Waals surface area contributed by atoms with Crippen LogP contribution in [0.5, 0.6) is 0 Å². The van der Waals surface area contributed by atoms with E-state index in [9.17, 15) is 4.79 Å². The molecule has 1 N–H and O–H groups in total. The molecule has 128 valence electrons. The molecule has 25 heavy (non-hydrogen) atoms. The number of benzene rings is 2. The molecule has 0 bridgehead atoms. The molecule has 3 rings (SSSR count). The highest BCUT2D eigenvalue weighted by molar-refractivity contribution is 7.97. The third-order valence-electron chi connectivity index (χ3n) is 4.07. The Bertz CT molecular complexity index is 811. The molecule has 1 amide bonds. The molecule has 0 radical (unpaired) electrons. The maximum atomic E-state index is 12.4. The number of hydrogen-bond acceptors (Lipinski definition) is 3. The fraction of sp³-hybridized carbons (Fsp3) is 0.200. The van der Waals surface area contributed by atoms with Gasteiger partial charge in [-0.15, -0.1) is 0 Å². The van der Waals surface area contributed by atoms with Gasteiger partial charge in [0.15, 0.2) is 0 Å². The van der Waals surface area contributed by atoms with Gasteiger partial charge >= 0.3 is 0 Å². The summed E-state index contributed by atoms with van der Waals surface area (Å²) in [5.41, 5.74) is 4.03. The van der Waals surface area contributed by atoms with E-state index < -0.39 is 0 Å². The van der Waals surface area contributed by atoms with Crippen molar-refractivity contribution in [1.82, 2.24) is 14.9 Å². The summed E-state index contributed by atoms with van der Waals surface area (Å²) < 4.78 is 1.95. The average Bonchev–Trinajstić information content (AvgIpc) is 3.17. The smallest absolute Gasteiger partial charge is 0.251 e. The summed E-state index contributed by atoms with van der Waals surface area (Å²) >= 11 is 1.77. The maximum Gasteiger partial charge on any atom is 0.251 e. The van der Waals surface area contributed by atoms with Gasteiger partial charge in [0.05, 0.1) is 12.4 Å². The van der Waals surface area contributed by atoms with Crippen molar-refractivity contribution in [3.05, 3.63) is 83.9 Å². The van der Waals surface area contributed by atoms with Crippen LogP contribution >= 0.6 is 11.8 Å². The molecule has 4 nitrogen and oxygen atoms in total. The van der Waals surface area contributed by atoms with Crippen LogP contribution in [0.15, 0.2) is 67.3 Å². The van der Waals surface area contributed by atoms with Gasteiger partial charge < -0.3 is 9.88 Å². The molecule has 0 saturated carbocycles. The van der Waals surface area contributed by atoms with Gasteiger partial charge in [0, 0.05) is 29.4 Å². The first-order valence-corrected chi connectivity index (χ1v) is 9.54. The quantitative estimate of drug-likeness (QED) is 0.723. The van der Waals surface area contributed by atoms with Crippen LogP contribution in [0.25, 0.3) is 5.69 Å². The van der Waals surface area contributed by atoms with Crippen molar-refractivity contribution in [1.29, 1.82) is 0 Å². The van der Waals surface area contributed by atoms with Crippen LogP contribution in [0.2, 0.25) is 0 Å². The number of carbonyl (C=O) groups excluding carboxylic acids is 1. The molecule has 0 spiro atoms. The van der Waals surface area contributed by atoms with E-state index in [1.54, 1.807) is 24.3 Å². The van der Waals surface area contributed by atoms with E-state index in [0.717, 1.165) is 17.0 Å². The van der Waals surface area contributed by atoms with Crippen molar-refractivity contribution in [3.63, 3.8) is 0 Å². The van der Waals surface area contributed by atoms with Crippen molar-refractivity contribution in [2.24, 2.45) is 0 Å². The predicted octanol–water partition coefficient (Wildman–Crippen LogP) is 4.23. The van der Waals surface area contributed by atoms with E-state index in [0.29, 0.717) is 5.56 Å². The van der Waals surface area contributed by atoms with Crippen LogP contribution in [0.1, 0.15) is 34.5 Å². The zero-order valence-electron chi connectivity index (χ0n) is 14.3. The summed E-state index contributed by atoms with van der Waals surface area (Å²) in [6, 6.07) is 15.8. The molecular formula is C20H21N3OS. The van der Waals surface area contributed by atoms with Gasteiger partial charge in [0.1, 0.15) is 0 Å². The van der Waals surface area contributed by atoms with Crippen molar-refractivity contribution >= 4 is 17.7 Å². The Kier molecular flexibility index (Phi) is 5.56. The van der Waals surface area contributed by atoms with E-state index in [-0.39, 0.29) is 11.9 Å². The molecule has 0 aliphatic rings. The van der Waals surface area contributed by atoms with Crippen LogP contribution in [0, 0.1) is 0 Å². The lowest BCUT2D eigenvalue weighted by atomic mass is 10.1. The highest BCUT2D eigenvalue weighted by Crippen LogP contribution is 2.17. The van der Waals surface area contributed by atoms with E-state index >= 15 is 0 Å². The second-order valence-electron chi connectivity index (χ2n) is 5.89. The molecule has 2 aromatic carbocycles. The van der Waals surface area contributed by atoms with Crippen LogP contribution in [0.4, 0.5) is 0 Å². The average molecular weight is 351 g/mol. The third-order valence-corrected chi connectivity index (χ3v) is 4.69. The SMILES string of the molecule is CSCc1ccc(C(=O)N[C@@H](C)c2ccc(-n3ccnc3)cc2)cc1. The third kappa shape index (κ3) is 4.31. The lowest BCUT2D eigenvalue weighted by molar-refractivity contribution is 0.0940. The first-order valence-electron chi connectivity index (χ1n) is 8.14. The van der Waals surface area contributed by atoms with Gasteiger partial charge in [-0.3, -0.25) is 4.79 Å². The van der Waals surface area contributed by atoms with Gasteiger partial charge in [-0.25, -0.2) is 4.98 Å². The number of hydrogen-bond donors (Lipinski definition) is 1. The summed E-state index contributed by atoms with van der Waals surface area (Å²) in [7, 11) is 0. The number of imidazole rings is 1. The standard InChI is InChI=1S/C20H21N3OS/c1-15(17-7-9-19(10-8-17)23-12-11-21-14-23)22-20(24)18-5-3-16(4-6-18)13-25-2/h3-12,14-15H,13H2,1-2H3,(H,22,24)/t15-/m0/s1. The highest BCUT2D eigenvalue weighted by Gasteiger charge is 2.11. The molecule has 0 saturated heterocycles. The topological polar surface area (TPSA) is 46.9 Å². The minimum absolute atomic E-state index is 0.0538. The van der Waals surface area contributed by atoms with Crippen molar-refractivity contribution in [2.75, 3.05) is 6.26 Å². The Morgan fingerprint density at radius 1 is 1.16 bits per heavy atom. The largest absolute Gasteiger partial charge is 0.346 e. The van der Waals surface area contributed by atoms with Crippen molar-refractivity contribution in [2.45, 2.75) is 18.7 Å². The summed E-state index contributed by atoms with van der Waals surface area (Å²) in [5, 5.41) is 3.05. The monoisotopic (exact) mass is 351 g/mol. The van der Waals surface area contributed by atoms with Gasteiger partial charge in [-0.05, 0) is 48.6 Å². The zero-order chi connectivity index (χ0) is 17.6. The summed E-state index contributed by atoms with van der Waals surface area (Å²) in [4.78, 5) is 16.5. The predicted molar refractivity (Wildman–Crippen MR) is 103 cm³/mol. The van der Waals surface area contributed by atoms with Crippen LogP contribution in [0.3, 0.4) is 0 Å². The number of nitrogens with one attached hydrogen (secondary N) is 1. The summed E-state index contributed by atoms with van der Waals surface area (Å²) in [6.45, 7) is 1.99. The minimum atomic E-state index is -0.0600. The maximum absolute atomic E-state index is 12.4. The van der Waals surface area contributed by atoms with Gasteiger partial charge in [-0.2, -0.15) is 11.8 Å². The molecular weight excluding hydrogens is 330 g/mol. The first kappa shape index (κ1) is 17.3. The fourth-order valence-electron chi connectivity index (χ4n) is 2.63. The summed E-state index contributed by atoms with van der Waals surface area (Å²) in [5.74, 6) is 0.906. The van der Waals surface area contributed by atoms with Crippen molar-refractivity contribution < 1.29 is 4.79 Å². The molecule has 5 heteroatoms. The van der Waals surface area contributed by atoms with Crippen LogP contribution in [-0.2, 0) is 5.75 Å². The fourth-order valence-corrected chi connectivity index (χ4v) is 3.16. The van der Waals surface area contributed by atoms with Crippen molar-refractivity contribution in [3.8, 4) is 5.69 Å². The van der Waals surface area contributed by atoms with E-state index in [1.807, 2.05) is 66.2 Å². The highest BCUT2D eigenvalue weighted by atomic mass is 32.2. The molecule has 0 fully saturated rings. The van der Waals surface area contributed by atoms with E-state index in [2.05, 4.69) is 16.6 Å². The number of thioether (sulfide) groups is 1. The molecule has 0 aliphatic carbocycles. The molecule has 3 aromatic rings. The Morgan fingerprint density at radius 2 is 1.88 bits per heavy atom. The number of nitrogens with zero attached hydrogens (tertiary/aromatic N) is 2. The number of amides is 1. The lowest BCUT2D eigenvalue weighted by Crippen LogP contribution is -2.26. The number of carbonyl (C=O) groups is 1. The normalized spacial score (nSPS) is 11.9. The zero-order valence-corrected chi connectivity index (χ0v) is 15.2. The number of aromatic nitrogens is 2. The second-order valence-corrected chi connectivity index (χ2v) is 6.75. The Balaban J connectivity index is 1.64. The van der Waals surface area contributed by atoms with Gasteiger partial charge in [0.2, 0.25) is 0 Å². The van der Waals surface area contributed by atoms with Crippen LogP contribution in [-0.4, -0.2) is 21.7 Å².